The number of rotatable bonds is 11. The summed E-state index contributed by atoms with van der Waals surface area (Å²) in [6.07, 6.45) is 10.6. The van der Waals surface area contributed by atoms with Crippen LogP contribution in [0.2, 0.25) is 20.5 Å². The number of hydrogen-bond acceptors (Lipinski definition) is 5. The number of nitrogens with zero attached hydrogens (tertiary/aromatic N) is 5. The molecule has 6 aromatic rings. The van der Waals surface area contributed by atoms with Crippen LogP contribution >= 0.6 is 11.3 Å². The van der Waals surface area contributed by atoms with E-state index in [1.165, 1.54) is 11.2 Å². The summed E-state index contributed by atoms with van der Waals surface area (Å²) in [6.45, 7) is 18.8. The molecular formula is C41H38B3N5S. The minimum absolute atomic E-state index is 0.619. The van der Waals surface area contributed by atoms with E-state index in [1.807, 2.05) is 66.7 Å². The number of thiazole rings is 1. The fraction of sp³-hybridized carbons (Fsp3) is 0.122. The van der Waals surface area contributed by atoms with Crippen molar-refractivity contribution < 1.29 is 0 Å². The molecule has 3 heterocycles. The van der Waals surface area contributed by atoms with Gasteiger partial charge >= 0.3 is 198 Å². The summed E-state index contributed by atoms with van der Waals surface area (Å²) in [5.74, 6) is 6.25. The molecule has 50 heavy (non-hydrogen) atoms. The van der Waals surface area contributed by atoms with Gasteiger partial charge in [0.25, 0.3) is 0 Å². The minimum atomic E-state index is 0.619. The number of benzene rings is 3. The Bertz CT molecular complexity index is 2260. The van der Waals surface area contributed by atoms with Crippen LogP contribution in [0.15, 0.2) is 104 Å². The van der Waals surface area contributed by atoms with Gasteiger partial charge in [-0.3, -0.25) is 0 Å². The van der Waals surface area contributed by atoms with Gasteiger partial charge in [-0.25, -0.2) is 15.0 Å². The van der Waals surface area contributed by atoms with Crippen LogP contribution in [0.3, 0.4) is 0 Å². The van der Waals surface area contributed by atoms with E-state index < -0.39 is 0 Å². The van der Waals surface area contributed by atoms with Crippen molar-refractivity contribution in [2.45, 2.75) is 34.3 Å². The zero-order valence-corrected chi connectivity index (χ0v) is 30.1. The first-order chi connectivity index (χ1) is 24.5. The van der Waals surface area contributed by atoms with Gasteiger partial charge in [0.05, 0.1) is 0 Å². The molecule has 6 rings (SSSR count). The SMILES string of the molecule is C=Cc1c(/C=C\C)c(/C=B\C)n(/C(BC)=C/C=C(\C)c2nc3cc(-c4nc(-c5ccccc5)nc(-c5ccccc5)n4)ccc3s2)c1/C=B\C. The van der Waals surface area contributed by atoms with E-state index in [0.29, 0.717) is 17.5 Å². The Morgan fingerprint density at radius 3 is 1.88 bits per heavy atom. The number of allylic oxidation sites excluding steroid dienone is 4. The summed E-state index contributed by atoms with van der Waals surface area (Å²) in [5.41, 5.74) is 10.6. The molecule has 0 amide bonds. The van der Waals surface area contributed by atoms with Crippen LogP contribution in [0.25, 0.3) is 67.7 Å². The van der Waals surface area contributed by atoms with Crippen LogP contribution in [0, 0.1) is 0 Å². The zero-order valence-electron chi connectivity index (χ0n) is 29.3. The Morgan fingerprint density at radius 2 is 1.34 bits per heavy atom. The molecule has 5 nitrogen and oxygen atoms in total. The normalized spacial score (nSPS) is 12.3. The predicted molar refractivity (Wildman–Crippen MR) is 223 cm³/mol. The topological polar surface area (TPSA) is 56.5 Å². The van der Waals surface area contributed by atoms with Gasteiger partial charge in [0.1, 0.15) is 0 Å². The molecule has 0 N–H and O–H groups in total. The average Bonchev–Trinajstić information content (AvgIpc) is 3.71. The molecule has 0 atom stereocenters. The van der Waals surface area contributed by atoms with Crippen molar-refractivity contribution in [1.82, 2.24) is 24.5 Å². The molecular weight excluding hydrogens is 627 g/mol. The Kier molecular flexibility index (Phi) is 11.0. The molecule has 242 valence electrons. The first-order valence-electron chi connectivity index (χ1n) is 16.9. The van der Waals surface area contributed by atoms with Crippen LogP contribution in [-0.4, -0.2) is 57.6 Å². The van der Waals surface area contributed by atoms with E-state index in [9.17, 15) is 0 Å². The molecule has 0 saturated heterocycles. The fourth-order valence-corrected chi connectivity index (χ4v) is 6.90. The van der Waals surface area contributed by atoms with Crippen LogP contribution in [0.1, 0.15) is 41.4 Å². The third-order valence-corrected chi connectivity index (χ3v) is 9.54. The van der Waals surface area contributed by atoms with Gasteiger partial charge < -0.3 is 0 Å². The summed E-state index contributed by atoms with van der Waals surface area (Å²) in [7, 11) is 0.852. The van der Waals surface area contributed by atoms with Crippen molar-refractivity contribution in [3.05, 3.63) is 131 Å². The van der Waals surface area contributed by atoms with Crippen molar-refractivity contribution in [3.8, 4) is 34.2 Å². The Labute approximate surface area is 301 Å². The Balaban J connectivity index is 1.40. The van der Waals surface area contributed by atoms with Crippen LogP contribution < -0.4 is 0 Å². The summed E-state index contributed by atoms with van der Waals surface area (Å²) >= 11 is 1.69. The number of aromatic nitrogens is 5. The number of fused-ring (bicyclic) bond motifs is 1. The zero-order chi connectivity index (χ0) is 35.0. The van der Waals surface area contributed by atoms with E-state index in [0.717, 1.165) is 61.7 Å². The van der Waals surface area contributed by atoms with E-state index in [1.54, 1.807) is 11.3 Å². The van der Waals surface area contributed by atoms with Crippen molar-refractivity contribution >= 4 is 77.9 Å². The predicted octanol–water partition coefficient (Wildman–Crippen LogP) is 9.15. The third-order valence-electron chi connectivity index (χ3n) is 8.37. The molecule has 0 saturated carbocycles. The Morgan fingerprint density at radius 1 is 0.760 bits per heavy atom. The average molecular weight is 665 g/mol. The van der Waals surface area contributed by atoms with Gasteiger partial charge in [0.2, 0.25) is 0 Å². The summed E-state index contributed by atoms with van der Waals surface area (Å²) in [6, 6.07) is 26.4. The molecule has 0 fully saturated rings. The monoisotopic (exact) mass is 665 g/mol. The molecule has 0 aliphatic carbocycles. The first-order valence-corrected chi connectivity index (χ1v) is 17.8. The van der Waals surface area contributed by atoms with Crippen molar-refractivity contribution in [3.63, 3.8) is 0 Å². The third kappa shape index (κ3) is 7.19. The van der Waals surface area contributed by atoms with Crippen molar-refractivity contribution in [1.29, 1.82) is 0 Å². The van der Waals surface area contributed by atoms with E-state index in [4.69, 9.17) is 19.9 Å². The molecule has 3 aromatic carbocycles. The van der Waals surface area contributed by atoms with Gasteiger partial charge in [-0.1, -0.05) is 60.7 Å². The molecule has 9 heteroatoms. The molecule has 0 unspecified atom stereocenters. The van der Waals surface area contributed by atoms with Gasteiger partial charge in [0, 0.05) is 11.1 Å². The van der Waals surface area contributed by atoms with Gasteiger partial charge in [0.15, 0.2) is 17.5 Å². The second-order valence-corrected chi connectivity index (χ2v) is 12.8. The van der Waals surface area contributed by atoms with Gasteiger partial charge in [-0.05, 0) is 0 Å². The molecule has 0 aliphatic heterocycles. The van der Waals surface area contributed by atoms with Crippen molar-refractivity contribution in [2.75, 3.05) is 0 Å². The van der Waals surface area contributed by atoms with Gasteiger partial charge in [-0.15, -0.1) is 0 Å². The van der Waals surface area contributed by atoms with E-state index >= 15 is 0 Å². The second kappa shape index (κ2) is 16.0. The molecule has 0 aliphatic rings. The maximum atomic E-state index is 5.08. The second-order valence-electron chi connectivity index (χ2n) is 11.7. The fourth-order valence-electron chi connectivity index (χ4n) is 5.97. The molecule has 3 aromatic heterocycles. The number of hydrogen-bond donors (Lipinski definition) is 0. The summed E-state index contributed by atoms with van der Waals surface area (Å²) in [4.78, 5) is 19.7. The standard InChI is InChI=1S/C41H38B3N5S/c1-7-15-32-31(8-2)34(25-42-4)49(35(32)26-43-5)37(44-6)23-20-27(3)41-45-33-24-30(21-22-36(33)50-41)40-47-38(28-16-11-9-12-17-28)46-39(48-40)29-18-13-10-14-19-29/h7-26,44H,2H2,1,3-6H3/b15-7-,27-20+,37-23+. The van der Waals surface area contributed by atoms with E-state index in [-0.39, 0.29) is 0 Å². The maximum absolute atomic E-state index is 5.08. The van der Waals surface area contributed by atoms with Crippen LogP contribution in [0.5, 0.6) is 0 Å². The van der Waals surface area contributed by atoms with Crippen LogP contribution in [0.4, 0.5) is 0 Å². The Hall–Kier alpha value is -5.27. The van der Waals surface area contributed by atoms with Gasteiger partial charge in [-0.2, -0.15) is 0 Å². The van der Waals surface area contributed by atoms with Crippen molar-refractivity contribution in [2.24, 2.45) is 0 Å². The molecule has 0 bridgehead atoms. The van der Waals surface area contributed by atoms with E-state index in [2.05, 4.69) is 114 Å². The summed E-state index contributed by atoms with van der Waals surface area (Å²) < 4.78 is 3.46. The first kappa shape index (κ1) is 34.6. The quantitative estimate of drug-likeness (QED) is 0.102. The molecule has 0 spiro atoms. The molecule has 0 radical (unpaired) electrons. The van der Waals surface area contributed by atoms with Crippen LogP contribution in [-0.2, 0) is 0 Å². The summed E-state index contributed by atoms with van der Waals surface area (Å²) in [5, 5.41) is 0.977.